The second kappa shape index (κ2) is 5.10. The van der Waals surface area contributed by atoms with Crippen LogP contribution in [-0.4, -0.2) is 13.6 Å². The van der Waals surface area contributed by atoms with Gasteiger partial charge in [-0.05, 0) is 26.0 Å². The molecule has 88 valence electrons. The minimum absolute atomic E-state index is 0.200. The zero-order chi connectivity index (χ0) is 12.2. The van der Waals surface area contributed by atoms with Crippen LogP contribution in [0, 0.1) is 6.92 Å². The van der Waals surface area contributed by atoms with Crippen molar-refractivity contribution in [2.75, 3.05) is 6.61 Å². The van der Waals surface area contributed by atoms with Gasteiger partial charge in [-0.2, -0.15) is 0 Å². The standard InChI is InChI=1S/C11H13BF3O/c1-3-4-7-16-10-5-6-11(9(2)8-10)12(13,14)15/h3-6,8H,7H2,1-2H3/q-1/b4-3+. The van der Waals surface area contributed by atoms with Crippen LogP contribution in [0.1, 0.15) is 12.5 Å². The van der Waals surface area contributed by atoms with E-state index in [1.165, 1.54) is 19.1 Å². The van der Waals surface area contributed by atoms with E-state index in [9.17, 15) is 12.9 Å². The molecule has 5 heteroatoms. The molecule has 0 radical (unpaired) electrons. The molecular weight excluding hydrogens is 216 g/mol. The number of hydrogen-bond acceptors (Lipinski definition) is 1. The maximum absolute atomic E-state index is 12.5. The summed E-state index contributed by atoms with van der Waals surface area (Å²) in [6.45, 7) is -1.28. The van der Waals surface area contributed by atoms with Crippen LogP contribution in [0.15, 0.2) is 30.4 Å². The molecule has 1 nitrogen and oxygen atoms in total. The van der Waals surface area contributed by atoms with Gasteiger partial charge in [0, 0.05) is 0 Å². The highest BCUT2D eigenvalue weighted by atomic mass is 19.4. The summed E-state index contributed by atoms with van der Waals surface area (Å²) in [5.41, 5.74) is -0.358. The quantitative estimate of drug-likeness (QED) is 0.569. The van der Waals surface area contributed by atoms with Crippen molar-refractivity contribution in [2.24, 2.45) is 0 Å². The van der Waals surface area contributed by atoms with E-state index >= 15 is 0 Å². The lowest BCUT2D eigenvalue weighted by Crippen LogP contribution is -2.35. The zero-order valence-electron chi connectivity index (χ0n) is 9.21. The normalized spacial score (nSPS) is 12.1. The van der Waals surface area contributed by atoms with Gasteiger partial charge in [0.05, 0.1) is 0 Å². The second-order valence-electron chi connectivity index (χ2n) is 3.47. The summed E-state index contributed by atoms with van der Waals surface area (Å²) < 4.78 is 42.7. The van der Waals surface area contributed by atoms with Gasteiger partial charge in [-0.1, -0.05) is 23.8 Å². The van der Waals surface area contributed by atoms with Crippen molar-refractivity contribution in [3.8, 4) is 5.75 Å². The zero-order valence-corrected chi connectivity index (χ0v) is 9.21. The van der Waals surface area contributed by atoms with Crippen LogP contribution >= 0.6 is 0 Å². The lowest BCUT2D eigenvalue weighted by Gasteiger charge is -2.18. The molecule has 0 aliphatic carbocycles. The van der Waals surface area contributed by atoms with Crippen LogP contribution in [0.2, 0.25) is 0 Å². The molecule has 0 unspecified atom stereocenters. The van der Waals surface area contributed by atoms with Gasteiger partial charge in [0.25, 0.3) is 0 Å². The summed E-state index contributed by atoms with van der Waals surface area (Å²) in [4.78, 5) is 0. The molecule has 0 saturated heterocycles. The number of allylic oxidation sites excluding steroid dienone is 1. The summed E-state index contributed by atoms with van der Waals surface area (Å²) >= 11 is 0. The summed E-state index contributed by atoms with van der Waals surface area (Å²) in [5.74, 6) is 0.458. The van der Waals surface area contributed by atoms with E-state index in [0.717, 1.165) is 6.07 Å². The topological polar surface area (TPSA) is 9.23 Å². The molecule has 1 aromatic carbocycles. The van der Waals surface area contributed by atoms with E-state index in [0.29, 0.717) is 12.4 Å². The van der Waals surface area contributed by atoms with Gasteiger partial charge >= 0.3 is 6.98 Å². The summed E-state index contributed by atoms with van der Waals surface area (Å²) in [7, 11) is 0. The summed E-state index contributed by atoms with van der Waals surface area (Å²) in [6.07, 6.45) is 3.61. The molecule has 0 fully saturated rings. The molecule has 0 aromatic heterocycles. The number of ether oxygens (including phenoxy) is 1. The van der Waals surface area contributed by atoms with E-state index in [1.807, 2.05) is 13.0 Å². The Morgan fingerprint density at radius 3 is 2.50 bits per heavy atom. The maximum Gasteiger partial charge on any atom is 0.509 e. The molecule has 0 aliphatic rings. The molecule has 0 N–H and O–H groups in total. The van der Waals surface area contributed by atoms with Crippen LogP contribution in [0.5, 0.6) is 5.75 Å². The van der Waals surface area contributed by atoms with Crippen molar-refractivity contribution >= 4 is 12.4 Å². The molecule has 0 aliphatic heterocycles. The minimum Gasteiger partial charge on any atom is -0.490 e. The Morgan fingerprint density at radius 1 is 1.31 bits per heavy atom. The van der Waals surface area contributed by atoms with Gasteiger partial charge in [0.1, 0.15) is 12.4 Å². The Kier molecular flexibility index (Phi) is 4.04. The molecule has 1 aromatic rings. The largest absolute Gasteiger partial charge is 0.509 e. The van der Waals surface area contributed by atoms with Crippen LogP contribution in [-0.2, 0) is 0 Å². The minimum atomic E-state index is -4.93. The Bertz CT molecular complexity index is 385. The Labute approximate surface area is 93.0 Å². The molecule has 1 rings (SSSR count). The lowest BCUT2D eigenvalue weighted by atomic mass is 9.77. The average Bonchev–Trinajstić information content (AvgIpc) is 2.16. The smallest absolute Gasteiger partial charge is 0.490 e. The SMILES string of the molecule is C/C=C/COc1ccc([B-](F)(F)F)c(C)c1. The van der Waals surface area contributed by atoms with E-state index in [1.54, 1.807) is 6.08 Å². The summed E-state index contributed by atoms with van der Waals surface area (Å²) in [5, 5.41) is 0. The lowest BCUT2D eigenvalue weighted by molar-refractivity contribution is 0.362. The Hall–Kier alpha value is -1.39. The van der Waals surface area contributed by atoms with Gasteiger partial charge in [-0.15, -0.1) is 5.46 Å². The third-order valence-corrected chi connectivity index (χ3v) is 2.18. The van der Waals surface area contributed by atoms with E-state index in [-0.39, 0.29) is 5.56 Å². The molecule has 0 saturated carbocycles. The van der Waals surface area contributed by atoms with E-state index in [4.69, 9.17) is 4.74 Å². The summed E-state index contributed by atoms with van der Waals surface area (Å²) in [6, 6.07) is 3.83. The van der Waals surface area contributed by atoms with Crippen molar-refractivity contribution in [2.45, 2.75) is 13.8 Å². The molecule has 0 spiro atoms. The van der Waals surface area contributed by atoms with Crippen molar-refractivity contribution in [1.82, 2.24) is 0 Å². The highest BCUT2D eigenvalue weighted by Crippen LogP contribution is 2.17. The molecular formula is C11H13BF3O-. The molecule has 0 heterocycles. The van der Waals surface area contributed by atoms with Gasteiger partial charge in [-0.25, -0.2) is 0 Å². The van der Waals surface area contributed by atoms with Crippen molar-refractivity contribution in [3.63, 3.8) is 0 Å². The number of halogens is 3. The first-order valence-corrected chi connectivity index (χ1v) is 4.99. The van der Waals surface area contributed by atoms with Crippen LogP contribution in [0.25, 0.3) is 0 Å². The Balaban J connectivity index is 2.83. The predicted octanol–water partition coefficient (Wildman–Crippen LogP) is 3.00. The number of benzene rings is 1. The predicted molar refractivity (Wildman–Crippen MR) is 60.2 cm³/mol. The van der Waals surface area contributed by atoms with Gasteiger partial charge in [0.2, 0.25) is 0 Å². The molecule has 0 atom stereocenters. The van der Waals surface area contributed by atoms with Crippen molar-refractivity contribution in [1.29, 1.82) is 0 Å². The first-order chi connectivity index (χ1) is 7.45. The third kappa shape index (κ3) is 3.33. The van der Waals surface area contributed by atoms with Crippen LogP contribution in [0.4, 0.5) is 12.9 Å². The third-order valence-electron chi connectivity index (χ3n) is 2.18. The van der Waals surface area contributed by atoms with Crippen LogP contribution < -0.4 is 10.2 Å². The van der Waals surface area contributed by atoms with Gasteiger partial charge in [0.15, 0.2) is 0 Å². The monoisotopic (exact) mass is 229 g/mol. The van der Waals surface area contributed by atoms with E-state index < -0.39 is 12.4 Å². The molecule has 0 bridgehead atoms. The molecule has 16 heavy (non-hydrogen) atoms. The average molecular weight is 229 g/mol. The van der Waals surface area contributed by atoms with Gasteiger partial charge < -0.3 is 17.7 Å². The second-order valence-corrected chi connectivity index (χ2v) is 3.47. The highest BCUT2D eigenvalue weighted by molar-refractivity contribution is 6.74. The van der Waals surface area contributed by atoms with Crippen molar-refractivity contribution in [3.05, 3.63) is 35.9 Å². The van der Waals surface area contributed by atoms with Crippen molar-refractivity contribution < 1.29 is 17.7 Å². The number of rotatable bonds is 4. The molecule has 0 amide bonds. The fourth-order valence-electron chi connectivity index (χ4n) is 1.35. The first kappa shape index (κ1) is 12.7. The van der Waals surface area contributed by atoms with Gasteiger partial charge in [-0.3, -0.25) is 0 Å². The maximum atomic E-state index is 12.5. The fourth-order valence-corrected chi connectivity index (χ4v) is 1.35. The first-order valence-electron chi connectivity index (χ1n) is 4.99. The van der Waals surface area contributed by atoms with E-state index in [2.05, 4.69) is 0 Å². The highest BCUT2D eigenvalue weighted by Gasteiger charge is 2.27. The number of hydrogen-bond donors (Lipinski definition) is 0. The fraction of sp³-hybridized carbons (Fsp3) is 0.273. The van der Waals surface area contributed by atoms with Crippen LogP contribution in [0.3, 0.4) is 0 Å². The Morgan fingerprint density at radius 2 is 2.00 bits per heavy atom. The number of aryl methyl sites for hydroxylation is 1.